The van der Waals surface area contributed by atoms with Crippen molar-refractivity contribution in [3.63, 3.8) is 0 Å². The summed E-state index contributed by atoms with van der Waals surface area (Å²) in [5.74, 6) is 0. The zero-order valence-corrected chi connectivity index (χ0v) is 12.0. The quantitative estimate of drug-likeness (QED) is 0.843. The number of nitrogens with two attached hydrogens (primary N) is 1. The third kappa shape index (κ3) is 3.87. The molecule has 5 heteroatoms. The van der Waals surface area contributed by atoms with Gasteiger partial charge in [0.1, 0.15) is 4.99 Å². The van der Waals surface area contributed by atoms with Crippen LogP contribution in [0, 0.1) is 0 Å². The molecule has 19 heavy (non-hydrogen) atoms. The SMILES string of the molecule is CN(Cc1cccc(C(N)=S)c1)Cc1cnn(C)c1. The number of rotatable bonds is 5. The fourth-order valence-corrected chi connectivity index (χ4v) is 2.18. The van der Waals surface area contributed by atoms with E-state index in [9.17, 15) is 0 Å². The molecule has 0 radical (unpaired) electrons. The summed E-state index contributed by atoms with van der Waals surface area (Å²) in [6.07, 6.45) is 3.92. The van der Waals surface area contributed by atoms with Crippen molar-refractivity contribution in [3.05, 3.63) is 53.3 Å². The molecule has 2 N–H and O–H groups in total. The summed E-state index contributed by atoms with van der Waals surface area (Å²) in [6.45, 7) is 1.72. The first kappa shape index (κ1) is 13.7. The summed E-state index contributed by atoms with van der Waals surface area (Å²) in [5.41, 5.74) is 8.97. The number of hydrogen-bond acceptors (Lipinski definition) is 3. The molecule has 0 saturated heterocycles. The van der Waals surface area contributed by atoms with Gasteiger partial charge >= 0.3 is 0 Å². The van der Waals surface area contributed by atoms with E-state index in [2.05, 4.69) is 23.1 Å². The Bertz CT molecular complexity index is 576. The van der Waals surface area contributed by atoms with Crippen molar-refractivity contribution in [2.24, 2.45) is 12.8 Å². The molecule has 0 saturated carbocycles. The second-order valence-electron chi connectivity index (χ2n) is 4.76. The van der Waals surface area contributed by atoms with Crippen molar-refractivity contribution in [3.8, 4) is 0 Å². The molecule has 0 aliphatic carbocycles. The molecular formula is C14H18N4S. The molecule has 0 bridgehead atoms. The first-order valence-corrected chi connectivity index (χ1v) is 6.50. The molecule has 1 aromatic heterocycles. The third-order valence-corrected chi connectivity index (χ3v) is 3.11. The Hall–Kier alpha value is -1.72. The van der Waals surface area contributed by atoms with Crippen LogP contribution in [0.25, 0.3) is 0 Å². The lowest BCUT2D eigenvalue weighted by atomic mass is 10.1. The maximum absolute atomic E-state index is 5.65. The van der Waals surface area contributed by atoms with Gasteiger partial charge in [0, 0.05) is 37.5 Å². The van der Waals surface area contributed by atoms with Crippen LogP contribution in [-0.2, 0) is 20.1 Å². The molecule has 2 aromatic rings. The zero-order valence-electron chi connectivity index (χ0n) is 11.2. The molecule has 0 aliphatic heterocycles. The smallest absolute Gasteiger partial charge is 0.103 e. The van der Waals surface area contributed by atoms with Crippen LogP contribution >= 0.6 is 12.2 Å². The lowest BCUT2D eigenvalue weighted by Crippen LogP contribution is -2.17. The van der Waals surface area contributed by atoms with E-state index in [0.29, 0.717) is 4.99 Å². The van der Waals surface area contributed by atoms with Gasteiger partial charge in [-0.05, 0) is 18.7 Å². The van der Waals surface area contributed by atoms with Crippen LogP contribution in [0.5, 0.6) is 0 Å². The molecule has 4 nitrogen and oxygen atoms in total. The number of hydrogen-bond donors (Lipinski definition) is 1. The Kier molecular flexibility index (Phi) is 4.29. The van der Waals surface area contributed by atoms with Gasteiger partial charge in [-0.15, -0.1) is 0 Å². The molecule has 100 valence electrons. The predicted octanol–water partition coefficient (Wildman–Crippen LogP) is 1.69. The first-order chi connectivity index (χ1) is 9.04. The van der Waals surface area contributed by atoms with Crippen molar-refractivity contribution >= 4 is 17.2 Å². The fraction of sp³-hybridized carbons (Fsp3) is 0.286. The molecule has 0 amide bonds. The molecule has 0 atom stereocenters. The Morgan fingerprint density at radius 3 is 2.74 bits per heavy atom. The van der Waals surface area contributed by atoms with E-state index in [0.717, 1.165) is 18.7 Å². The lowest BCUT2D eigenvalue weighted by molar-refractivity contribution is 0.319. The molecule has 1 heterocycles. The lowest BCUT2D eigenvalue weighted by Gasteiger charge is -2.16. The van der Waals surface area contributed by atoms with E-state index >= 15 is 0 Å². The van der Waals surface area contributed by atoms with Gasteiger partial charge < -0.3 is 5.73 Å². The van der Waals surface area contributed by atoms with Crippen molar-refractivity contribution in [2.45, 2.75) is 13.1 Å². The van der Waals surface area contributed by atoms with Gasteiger partial charge in [0.25, 0.3) is 0 Å². The number of nitrogens with zero attached hydrogens (tertiary/aromatic N) is 3. The molecular weight excluding hydrogens is 256 g/mol. The second-order valence-corrected chi connectivity index (χ2v) is 5.20. The summed E-state index contributed by atoms with van der Waals surface area (Å²) in [6, 6.07) is 8.05. The Balaban J connectivity index is 2.00. The van der Waals surface area contributed by atoms with Crippen LogP contribution in [-0.4, -0.2) is 26.7 Å². The molecule has 2 rings (SSSR count). The predicted molar refractivity (Wildman–Crippen MR) is 80.7 cm³/mol. The average Bonchev–Trinajstić information content (AvgIpc) is 2.74. The Morgan fingerprint density at radius 1 is 1.37 bits per heavy atom. The minimum absolute atomic E-state index is 0.441. The van der Waals surface area contributed by atoms with Crippen LogP contribution in [0.15, 0.2) is 36.7 Å². The number of benzene rings is 1. The number of thiocarbonyl (C=S) groups is 1. The van der Waals surface area contributed by atoms with Crippen LogP contribution in [0.4, 0.5) is 0 Å². The topological polar surface area (TPSA) is 47.1 Å². The van der Waals surface area contributed by atoms with Crippen molar-refractivity contribution < 1.29 is 0 Å². The Morgan fingerprint density at radius 2 is 2.11 bits per heavy atom. The minimum atomic E-state index is 0.441. The number of aryl methyl sites for hydroxylation is 1. The molecule has 0 unspecified atom stereocenters. The first-order valence-electron chi connectivity index (χ1n) is 6.09. The van der Waals surface area contributed by atoms with Crippen LogP contribution in [0.2, 0.25) is 0 Å². The number of aromatic nitrogens is 2. The van der Waals surface area contributed by atoms with Crippen molar-refractivity contribution in [1.82, 2.24) is 14.7 Å². The van der Waals surface area contributed by atoms with Crippen LogP contribution < -0.4 is 5.73 Å². The summed E-state index contributed by atoms with van der Waals surface area (Å²) >= 11 is 5.00. The largest absolute Gasteiger partial charge is 0.389 e. The molecule has 0 fully saturated rings. The summed E-state index contributed by atoms with van der Waals surface area (Å²) < 4.78 is 1.82. The average molecular weight is 274 g/mol. The minimum Gasteiger partial charge on any atom is -0.389 e. The zero-order chi connectivity index (χ0) is 13.8. The van der Waals surface area contributed by atoms with Crippen LogP contribution in [0.1, 0.15) is 16.7 Å². The van der Waals surface area contributed by atoms with Gasteiger partial charge in [-0.2, -0.15) is 5.10 Å². The highest BCUT2D eigenvalue weighted by molar-refractivity contribution is 7.80. The van der Waals surface area contributed by atoms with E-state index in [-0.39, 0.29) is 0 Å². The normalized spacial score (nSPS) is 10.9. The highest BCUT2D eigenvalue weighted by Crippen LogP contribution is 2.10. The van der Waals surface area contributed by atoms with Crippen molar-refractivity contribution in [1.29, 1.82) is 0 Å². The van der Waals surface area contributed by atoms with E-state index in [4.69, 9.17) is 18.0 Å². The summed E-state index contributed by atoms with van der Waals surface area (Å²) in [4.78, 5) is 2.67. The van der Waals surface area contributed by atoms with Gasteiger partial charge in [0.15, 0.2) is 0 Å². The molecule has 0 aliphatic rings. The second kappa shape index (κ2) is 5.95. The molecule has 0 spiro atoms. The van der Waals surface area contributed by atoms with Crippen molar-refractivity contribution in [2.75, 3.05) is 7.05 Å². The van der Waals surface area contributed by atoms with E-state index in [1.54, 1.807) is 0 Å². The van der Waals surface area contributed by atoms with Gasteiger partial charge in [-0.25, -0.2) is 0 Å². The maximum atomic E-state index is 5.65. The van der Waals surface area contributed by atoms with E-state index in [1.807, 2.05) is 42.3 Å². The fourth-order valence-electron chi connectivity index (χ4n) is 2.06. The third-order valence-electron chi connectivity index (χ3n) is 2.87. The standard InChI is InChI=1S/C14H18N4S/c1-17(9-12-7-16-18(2)10-12)8-11-4-3-5-13(6-11)14(15)19/h3-7,10H,8-9H2,1-2H3,(H2,15,19). The van der Waals surface area contributed by atoms with Gasteiger partial charge in [0.05, 0.1) is 6.20 Å². The summed E-state index contributed by atoms with van der Waals surface area (Å²) in [7, 11) is 4.01. The highest BCUT2D eigenvalue weighted by atomic mass is 32.1. The van der Waals surface area contributed by atoms with Gasteiger partial charge in [-0.3, -0.25) is 9.58 Å². The maximum Gasteiger partial charge on any atom is 0.103 e. The van der Waals surface area contributed by atoms with Gasteiger partial charge in [0.2, 0.25) is 0 Å². The van der Waals surface area contributed by atoms with E-state index in [1.165, 1.54) is 11.1 Å². The molecule has 1 aromatic carbocycles. The van der Waals surface area contributed by atoms with Gasteiger partial charge in [-0.1, -0.05) is 30.4 Å². The monoisotopic (exact) mass is 274 g/mol. The van der Waals surface area contributed by atoms with Crippen LogP contribution in [0.3, 0.4) is 0 Å². The highest BCUT2D eigenvalue weighted by Gasteiger charge is 2.05. The summed E-state index contributed by atoms with van der Waals surface area (Å²) in [5, 5.41) is 4.17. The Labute approximate surface area is 118 Å². The van der Waals surface area contributed by atoms with E-state index < -0.39 is 0 Å².